The summed E-state index contributed by atoms with van der Waals surface area (Å²) in [6.45, 7) is 10.6. The summed E-state index contributed by atoms with van der Waals surface area (Å²) in [5.74, 6) is 2.55. The van der Waals surface area contributed by atoms with E-state index in [0.29, 0.717) is 19.8 Å². The Balaban J connectivity index is 1.67. The van der Waals surface area contributed by atoms with E-state index in [1.807, 2.05) is 0 Å². The molecule has 0 aliphatic carbocycles. The van der Waals surface area contributed by atoms with Gasteiger partial charge in [-0.2, -0.15) is 11.8 Å². The number of rotatable bonds is 3. The summed E-state index contributed by atoms with van der Waals surface area (Å²) in [6.07, 6.45) is 3.17. The average Bonchev–Trinajstić information content (AvgIpc) is 2.77. The van der Waals surface area contributed by atoms with Crippen molar-refractivity contribution in [2.24, 2.45) is 0 Å². The number of hydrogen-bond acceptors (Lipinski definition) is 7. The smallest absolute Gasteiger partial charge is 0.184 e. The Kier molecular flexibility index (Phi) is 5.16. The maximum Gasteiger partial charge on any atom is 0.184 e. The number of hydrogen-bond donors (Lipinski definition) is 1. The second-order valence-corrected chi connectivity index (χ2v) is 10.4. The van der Waals surface area contributed by atoms with Crippen molar-refractivity contribution in [3.8, 4) is 17.1 Å². The molecular weight excluding hydrogens is 396 g/mol. The zero-order chi connectivity index (χ0) is 20.9. The number of aromatic nitrogens is 2. The lowest BCUT2D eigenvalue weighted by molar-refractivity contribution is 0.0482. The summed E-state index contributed by atoms with van der Waals surface area (Å²) < 4.78 is 11.9. The zero-order valence-corrected chi connectivity index (χ0v) is 19.0. The molecule has 5 rings (SSSR count). The number of thioether (sulfide) groups is 1. The lowest BCUT2D eigenvalue weighted by Gasteiger charge is -2.45. The molecule has 2 aromatic rings. The van der Waals surface area contributed by atoms with Crippen LogP contribution in [-0.2, 0) is 22.4 Å². The molecule has 7 heteroatoms. The van der Waals surface area contributed by atoms with E-state index < -0.39 is 0 Å². The summed E-state index contributed by atoms with van der Waals surface area (Å²) in [5, 5.41) is 3.44. The Bertz CT molecular complexity index is 964. The lowest BCUT2D eigenvalue weighted by Crippen LogP contribution is -2.56. The average molecular weight is 427 g/mol. The van der Waals surface area contributed by atoms with Gasteiger partial charge in [-0.05, 0) is 57.2 Å². The van der Waals surface area contributed by atoms with Gasteiger partial charge in [0.15, 0.2) is 17.4 Å². The highest BCUT2D eigenvalue weighted by atomic mass is 32.2. The van der Waals surface area contributed by atoms with Crippen LogP contribution in [0.1, 0.15) is 37.6 Å². The number of nitrogens with one attached hydrogen (secondary N) is 1. The third kappa shape index (κ3) is 3.37. The van der Waals surface area contributed by atoms with Crippen LogP contribution in [0.25, 0.3) is 11.4 Å². The van der Waals surface area contributed by atoms with E-state index in [9.17, 15) is 0 Å². The van der Waals surface area contributed by atoms with E-state index in [1.165, 1.54) is 11.1 Å². The highest BCUT2D eigenvalue weighted by Gasteiger charge is 2.40. The van der Waals surface area contributed by atoms with Crippen molar-refractivity contribution < 1.29 is 9.47 Å². The van der Waals surface area contributed by atoms with Crippen LogP contribution in [0.4, 0.5) is 5.82 Å². The Hall–Kier alpha value is -1.83. The van der Waals surface area contributed by atoms with Crippen molar-refractivity contribution >= 4 is 17.6 Å². The third-order valence-corrected chi connectivity index (χ3v) is 7.70. The third-order valence-electron chi connectivity index (χ3n) is 6.48. The van der Waals surface area contributed by atoms with E-state index in [4.69, 9.17) is 19.4 Å². The monoisotopic (exact) mass is 426 g/mol. The Labute approximate surface area is 182 Å². The zero-order valence-electron chi connectivity index (χ0n) is 18.2. The van der Waals surface area contributed by atoms with Crippen molar-refractivity contribution in [1.29, 1.82) is 0 Å². The van der Waals surface area contributed by atoms with Gasteiger partial charge >= 0.3 is 0 Å². The fraction of sp³-hybridized carbons (Fsp3) is 0.565. The molecule has 1 N–H and O–H groups in total. The summed E-state index contributed by atoms with van der Waals surface area (Å²) in [5.41, 5.74) is 4.83. The Morgan fingerprint density at radius 2 is 2.03 bits per heavy atom. The highest BCUT2D eigenvalue weighted by Crippen LogP contribution is 2.46. The highest BCUT2D eigenvalue weighted by molar-refractivity contribution is 7.99. The first-order valence-electron chi connectivity index (χ1n) is 10.8. The molecule has 4 heterocycles. The fourth-order valence-electron chi connectivity index (χ4n) is 4.58. The van der Waals surface area contributed by atoms with Crippen LogP contribution in [0.15, 0.2) is 18.2 Å². The van der Waals surface area contributed by atoms with Crippen LogP contribution in [0.2, 0.25) is 0 Å². The van der Waals surface area contributed by atoms with E-state index in [0.717, 1.165) is 48.2 Å². The predicted octanol–water partition coefficient (Wildman–Crippen LogP) is 3.37. The molecule has 160 valence electrons. The maximum atomic E-state index is 6.27. The molecule has 3 aliphatic heterocycles. The molecule has 1 fully saturated rings. The first-order chi connectivity index (χ1) is 14.5. The van der Waals surface area contributed by atoms with Crippen LogP contribution < -0.4 is 15.0 Å². The maximum absolute atomic E-state index is 6.27. The molecule has 30 heavy (non-hydrogen) atoms. The number of nitrogens with zero attached hydrogens (tertiary/aromatic N) is 3. The molecule has 0 spiro atoms. The van der Waals surface area contributed by atoms with Gasteiger partial charge in [0, 0.05) is 12.1 Å². The van der Waals surface area contributed by atoms with E-state index in [-0.39, 0.29) is 16.8 Å². The van der Waals surface area contributed by atoms with E-state index in [1.54, 1.807) is 11.8 Å². The molecule has 0 radical (unpaired) electrons. The van der Waals surface area contributed by atoms with Crippen LogP contribution in [0.5, 0.6) is 5.75 Å². The van der Waals surface area contributed by atoms with Gasteiger partial charge in [-0.3, -0.25) is 0 Å². The van der Waals surface area contributed by atoms with Gasteiger partial charge in [-0.25, -0.2) is 9.97 Å². The standard InChI is InChI=1S/C23H30N4O2S/c1-14-11-28-12-18-13-29-19-20(23(2,3)30-4)25-21(26-22(19)27(14)18)16-5-6-17-10-24-8-7-15(17)9-16/h5-6,9,14,18,24H,7-8,10-13H2,1-4H3/t14-,18+/m1/s1. The number of anilines is 1. The van der Waals surface area contributed by atoms with Crippen LogP contribution in [-0.4, -0.2) is 54.7 Å². The van der Waals surface area contributed by atoms with Crippen LogP contribution >= 0.6 is 11.8 Å². The van der Waals surface area contributed by atoms with Crippen molar-refractivity contribution in [2.75, 3.05) is 37.5 Å². The molecular formula is C23H30N4O2S. The van der Waals surface area contributed by atoms with Gasteiger partial charge in [0.1, 0.15) is 12.3 Å². The largest absolute Gasteiger partial charge is 0.486 e. The van der Waals surface area contributed by atoms with Crippen molar-refractivity contribution in [2.45, 2.75) is 50.6 Å². The Morgan fingerprint density at radius 1 is 1.17 bits per heavy atom. The van der Waals surface area contributed by atoms with Gasteiger partial charge in [0.05, 0.1) is 30.0 Å². The molecule has 1 saturated heterocycles. The second-order valence-electron chi connectivity index (χ2n) is 8.93. The predicted molar refractivity (Wildman–Crippen MR) is 121 cm³/mol. The molecule has 1 aromatic heterocycles. The topological polar surface area (TPSA) is 59.5 Å². The summed E-state index contributed by atoms with van der Waals surface area (Å²) in [7, 11) is 0. The molecule has 6 nitrogen and oxygen atoms in total. The van der Waals surface area contributed by atoms with E-state index >= 15 is 0 Å². The minimum Gasteiger partial charge on any atom is -0.486 e. The molecule has 2 atom stereocenters. The molecule has 0 unspecified atom stereocenters. The van der Waals surface area contributed by atoms with E-state index in [2.05, 4.69) is 55.4 Å². The summed E-state index contributed by atoms with van der Waals surface area (Å²) in [6, 6.07) is 7.11. The van der Waals surface area contributed by atoms with Crippen LogP contribution in [0.3, 0.4) is 0 Å². The number of morpholine rings is 1. The quantitative estimate of drug-likeness (QED) is 0.807. The summed E-state index contributed by atoms with van der Waals surface area (Å²) >= 11 is 1.79. The number of fused-ring (bicyclic) bond motifs is 4. The minimum atomic E-state index is -0.178. The molecule has 0 saturated carbocycles. The molecule has 0 bridgehead atoms. The SMILES string of the molecule is CSC(C)(C)c1nc(-c2ccc3c(c2)CCNC3)nc2c1OC[C@@H]1COC[C@@H](C)N21. The second kappa shape index (κ2) is 7.70. The first kappa shape index (κ1) is 20.1. The van der Waals surface area contributed by atoms with Crippen LogP contribution in [0, 0.1) is 0 Å². The van der Waals surface area contributed by atoms with Gasteiger partial charge < -0.3 is 19.7 Å². The van der Waals surface area contributed by atoms with Gasteiger partial charge in [0.2, 0.25) is 0 Å². The van der Waals surface area contributed by atoms with Crippen molar-refractivity contribution in [3.05, 3.63) is 35.0 Å². The number of benzene rings is 1. The molecule has 3 aliphatic rings. The fourth-order valence-corrected chi connectivity index (χ4v) is 4.91. The van der Waals surface area contributed by atoms with Gasteiger partial charge in [0.25, 0.3) is 0 Å². The number of ether oxygens (including phenoxy) is 2. The summed E-state index contributed by atoms with van der Waals surface area (Å²) in [4.78, 5) is 12.6. The Morgan fingerprint density at radius 3 is 2.87 bits per heavy atom. The lowest BCUT2D eigenvalue weighted by atomic mass is 9.98. The normalized spacial score (nSPS) is 23.3. The molecule has 1 aromatic carbocycles. The van der Waals surface area contributed by atoms with Gasteiger partial charge in [-0.15, -0.1) is 0 Å². The first-order valence-corrected chi connectivity index (χ1v) is 12.0. The van der Waals surface area contributed by atoms with Crippen molar-refractivity contribution in [3.63, 3.8) is 0 Å². The van der Waals surface area contributed by atoms with Gasteiger partial charge in [-0.1, -0.05) is 12.1 Å². The molecule has 0 amide bonds. The minimum absolute atomic E-state index is 0.178. The van der Waals surface area contributed by atoms with Crippen molar-refractivity contribution in [1.82, 2.24) is 15.3 Å².